The molecule has 0 bridgehead atoms. The zero-order chi connectivity index (χ0) is 30.9. The largest absolute Gasteiger partial charge is 0.504 e. The number of nitrogens with one attached hydrogen (secondary N) is 2. The van der Waals surface area contributed by atoms with Crippen LogP contribution in [0.2, 0.25) is 0 Å². The highest BCUT2D eigenvalue weighted by Crippen LogP contribution is 2.49. The van der Waals surface area contributed by atoms with Crippen molar-refractivity contribution >= 4 is 23.5 Å². The van der Waals surface area contributed by atoms with Crippen molar-refractivity contribution in [2.45, 2.75) is 45.3 Å². The van der Waals surface area contributed by atoms with E-state index in [0.717, 1.165) is 0 Å². The molecule has 3 aromatic rings. The number of methoxy groups -OCH3 is 1. The van der Waals surface area contributed by atoms with Crippen molar-refractivity contribution in [2.75, 3.05) is 37.0 Å². The van der Waals surface area contributed by atoms with Gasteiger partial charge in [0.25, 0.3) is 5.91 Å². The fourth-order valence-corrected chi connectivity index (χ4v) is 5.14. The Labute approximate surface area is 248 Å². The smallest absolute Gasteiger partial charge is 0.407 e. The molecule has 224 valence electrons. The second-order valence-electron chi connectivity index (χ2n) is 11.3. The van der Waals surface area contributed by atoms with Gasteiger partial charge in [-0.05, 0) is 63.4 Å². The summed E-state index contributed by atoms with van der Waals surface area (Å²) in [5.41, 5.74) is 1.22. The van der Waals surface area contributed by atoms with Gasteiger partial charge in [-0.2, -0.15) is 5.26 Å². The molecule has 0 radical (unpaired) electrons. The molecule has 1 aromatic heterocycles. The van der Waals surface area contributed by atoms with Crippen LogP contribution in [-0.2, 0) is 9.53 Å². The van der Waals surface area contributed by atoms with Crippen molar-refractivity contribution in [3.63, 3.8) is 0 Å². The Bertz CT molecular complexity index is 1620. The Balaban J connectivity index is 1.59. The lowest BCUT2D eigenvalue weighted by Crippen LogP contribution is -2.46. The van der Waals surface area contributed by atoms with Crippen LogP contribution in [0.4, 0.5) is 20.7 Å². The average molecular weight is 590 g/mol. The summed E-state index contributed by atoms with van der Waals surface area (Å²) in [6, 6.07) is 10.6. The van der Waals surface area contributed by atoms with Crippen molar-refractivity contribution in [3.8, 4) is 45.7 Å². The number of ether oxygens (including phenoxy) is 3. The van der Waals surface area contributed by atoms with Crippen LogP contribution in [0.5, 0.6) is 17.2 Å². The first-order chi connectivity index (χ1) is 20.5. The van der Waals surface area contributed by atoms with E-state index in [1.54, 1.807) is 39.0 Å². The number of amides is 2. The Morgan fingerprint density at radius 2 is 1.93 bits per heavy atom. The van der Waals surface area contributed by atoms with E-state index >= 15 is 0 Å². The minimum absolute atomic E-state index is 0.117. The molecule has 11 nitrogen and oxygen atoms in total. The number of piperidine rings is 1. The number of nitriles is 1. The number of aromatic hydroxyl groups is 1. The average Bonchev–Trinajstić information content (AvgIpc) is 2.95. The highest BCUT2D eigenvalue weighted by atomic mass is 19.1. The van der Waals surface area contributed by atoms with Gasteiger partial charge in [-0.1, -0.05) is 12.1 Å². The molecule has 3 heterocycles. The van der Waals surface area contributed by atoms with Crippen LogP contribution < -0.4 is 25.0 Å². The van der Waals surface area contributed by atoms with Crippen LogP contribution in [0.3, 0.4) is 0 Å². The van der Waals surface area contributed by atoms with Gasteiger partial charge in [0.15, 0.2) is 29.7 Å². The molecule has 0 unspecified atom stereocenters. The van der Waals surface area contributed by atoms with Gasteiger partial charge < -0.3 is 34.9 Å². The number of anilines is 2. The zero-order valence-electron chi connectivity index (χ0n) is 24.3. The van der Waals surface area contributed by atoms with Gasteiger partial charge in [0.05, 0.1) is 23.9 Å². The summed E-state index contributed by atoms with van der Waals surface area (Å²) < 4.78 is 31.5. The number of carbonyl (C=O) groups is 2. The van der Waals surface area contributed by atoms with Crippen LogP contribution in [0.1, 0.15) is 39.2 Å². The van der Waals surface area contributed by atoms with Gasteiger partial charge in [0.1, 0.15) is 23.2 Å². The number of rotatable bonds is 5. The quantitative estimate of drug-likeness (QED) is 0.376. The van der Waals surface area contributed by atoms with Crippen LogP contribution in [-0.4, -0.2) is 60.5 Å². The topological polar surface area (TPSA) is 146 Å². The summed E-state index contributed by atoms with van der Waals surface area (Å²) >= 11 is 0. The van der Waals surface area contributed by atoms with E-state index in [2.05, 4.69) is 10.6 Å². The summed E-state index contributed by atoms with van der Waals surface area (Å²) in [7, 11) is 1.43. The third kappa shape index (κ3) is 6.25. The lowest BCUT2D eigenvalue weighted by molar-refractivity contribution is -0.118. The van der Waals surface area contributed by atoms with E-state index in [4.69, 9.17) is 19.2 Å². The first-order valence-electron chi connectivity index (χ1n) is 13.8. The van der Waals surface area contributed by atoms with Gasteiger partial charge in [0.2, 0.25) is 0 Å². The maximum absolute atomic E-state index is 14.9. The van der Waals surface area contributed by atoms with Gasteiger partial charge in [0, 0.05) is 24.7 Å². The Hall–Kier alpha value is -5.05. The Kier molecular flexibility index (Phi) is 8.00. The predicted octanol–water partition coefficient (Wildman–Crippen LogP) is 4.96. The van der Waals surface area contributed by atoms with E-state index in [0.29, 0.717) is 65.6 Å². The first kappa shape index (κ1) is 29.4. The number of benzene rings is 2. The minimum Gasteiger partial charge on any atom is -0.504 e. The summed E-state index contributed by atoms with van der Waals surface area (Å²) in [5, 5.41) is 25.7. The SMILES string of the molecule is COc1ccc(-c2c(-c3ccc(C#N)c(F)c3)nc(N3CCC(NC(=O)OC(C)(C)C)CC3)c3c2OCC(=O)N3)cc1O. The van der Waals surface area contributed by atoms with Crippen molar-refractivity contribution in [1.29, 1.82) is 5.26 Å². The molecule has 2 amide bonds. The molecule has 2 aliphatic heterocycles. The van der Waals surface area contributed by atoms with E-state index in [1.165, 1.54) is 25.3 Å². The lowest BCUT2D eigenvalue weighted by atomic mass is 9.95. The highest BCUT2D eigenvalue weighted by molar-refractivity contribution is 6.04. The molecular weight excluding hydrogens is 557 g/mol. The third-order valence-electron chi connectivity index (χ3n) is 7.09. The van der Waals surface area contributed by atoms with Crippen molar-refractivity contribution in [1.82, 2.24) is 10.3 Å². The monoisotopic (exact) mass is 589 g/mol. The molecule has 1 fully saturated rings. The van der Waals surface area contributed by atoms with Crippen LogP contribution >= 0.6 is 0 Å². The molecule has 1 saturated heterocycles. The third-order valence-corrected chi connectivity index (χ3v) is 7.09. The number of halogens is 1. The van der Waals surface area contributed by atoms with Crippen LogP contribution in [0.15, 0.2) is 36.4 Å². The molecular formula is C31H32FN5O6. The Morgan fingerprint density at radius 1 is 1.21 bits per heavy atom. The molecule has 5 rings (SSSR count). The number of pyridine rings is 1. The second kappa shape index (κ2) is 11.7. The van der Waals surface area contributed by atoms with E-state index in [-0.39, 0.29) is 35.6 Å². The minimum atomic E-state index is -0.715. The standard InChI is InChI=1S/C31H32FN5O6/c1-31(2,3)43-30(40)34-20-9-11-37(12-10-20)29-27-28(42-16-24(39)35-27)25(17-7-8-23(41-4)22(38)14-17)26(36-29)18-5-6-19(15-33)21(32)13-18/h5-8,13-14,20,38H,9-12,16H2,1-4H3,(H,34,40)(H,35,39). The number of phenolic OH excluding ortho intramolecular Hbond substituents is 1. The molecule has 12 heteroatoms. The summed E-state index contributed by atoms with van der Waals surface area (Å²) in [6.07, 6.45) is 0.679. The predicted molar refractivity (Wildman–Crippen MR) is 157 cm³/mol. The molecule has 0 saturated carbocycles. The van der Waals surface area contributed by atoms with Crippen molar-refractivity contribution in [3.05, 3.63) is 47.8 Å². The molecule has 0 spiro atoms. The van der Waals surface area contributed by atoms with Gasteiger partial charge in [-0.3, -0.25) is 4.79 Å². The van der Waals surface area contributed by atoms with Gasteiger partial charge >= 0.3 is 6.09 Å². The first-order valence-corrected chi connectivity index (χ1v) is 13.8. The lowest BCUT2D eigenvalue weighted by Gasteiger charge is -2.36. The summed E-state index contributed by atoms with van der Waals surface area (Å²) in [6.45, 7) is 6.12. The number of nitrogens with zero attached hydrogens (tertiary/aromatic N) is 3. The van der Waals surface area contributed by atoms with Crippen LogP contribution in [0.25, 0.3) is 22.4 Å². The van der Waals surface area contributed by atoms with Crippen molar-refractivity contribution < 1.29 is 33.3 Å². The fourth-order valence-electron chi connectivity index (χ4n) is 5.14. The van der Waals surface area contributed by atoms with Crippen LogP contribution in [0, 0.1) is 17.1 Å². The van der Waals surface area contributed by atoms with Crippen molar-refractivity contribution in [2.24, 2.45) is 0 Å². The number of aromatic nitrogens is 1. The molecule has 2 aromatic carbocycles. The highest BCUT2D eigenvalue weighted by Gasteiger charge is 2.33. The summed E-state index contributed by atoms with van der Waals surface area (Å²) in [4.78, 5) is 31.8. The fraction of sp³-hybridized carbons (Fsp3) is 0.355. The molecule has 43 heavy (non-hydrogen) atoms. The van der Waals surface area contributed by atoms with E-state index in [1.807, 2.05) is 11.0 Å². The number of carbonyl (C=O) groups excluding carboxylic acids is 2. The second-order valence-corrected chi connectivity index (χ2v) is 11.3. The summed E-state index contributed by atoms with van der Waals surface area (Å²) in [5.74, 6) is -0.229. The number of hydrogen-bond donors (Lipinski definition) is 3. The normalized spacial score (nSPS) is 15.1. The molecule has 0 atom stereocenters. The number of phenols is 1. The molecule has 2 aliphatic rings. The maximum Gasteiger partial charge on any atom is 0.407 e. The number of alkyl carbamates (subject to hydrolysis) is 1. The molecule has 0 aliphatic carbocycles. The van der Waals surface area contributed by atoms with E-state index < -0.39 is 17.5 Å². The van der Waals surface area contributed by atoms with Gasteiger partial charge in [-0.15, -0.1) is 0 Å². The number of hydrogen-bond acceptors (Lipinski definition) is 9. The number of fused-ring (bicyclic) bond motifs is 1. The Morgan fingerprint density at radius 3 is 2.56 bits per heavy atom. The van der Waals surface area contributed by atoms with Gasteiger partial charge in [-0.25, -0.2) is 14.2 Å². The maximum atomic E-state index is 14.9. The van der Waals surface area contributed by atoms with E-state index in [9.17, 15) is 24.3 Å². The zero-order valence-corrected chi connectivity index (χ0v) is 24.3. The molecule has 3 N–H and O–H groups in total.